The number of halogens is 1. The number of hydrogen-bond donors (Lipinski definition) is 1. The Labute approximate surface area is 173 Å². The van der Waals surface area contributed by atoms with Crippen molar-refractivity contribution in [2.75, 3.05) is 19.5 Å². The molecule has 0 aliphatic rings. The van der Waals surface area contributed by atoms with E-state index in [9.17, 15) is 9.59 Å². The summed E-state index contributed by atoms with van der Waals surface area (Å²) < 4.78 is 11.9. The molecule has 0 fully saturated rings. The number of ether oxygens (including phenoxy) is 2. The predicted molar refractivity (Wildman–Crippen MR) is 113 cm³/mol. The average Bonchev–Trinajstić information content (AvgIpc) is 2.70. The summed E-state index contributed by atoms with van der Waals surface area (Å²) in [4.78, 5) is 30.4. The largest absolute Gasteiger partial charge is 0.495 e. The minimum atomic E-state index is -0.773. The van der Waals surface area contributed by atoms with Crippen molar-refractivity contribution < 1.29 is 14.3 Å². The summed E-state index contributed by atoms with van der Waals surface area (Å²) in [6, 6.07) is 9.40. The highest BCUT2D eigenvalue weighted by atomic mass is 35.5. The van der Waals surface area contributed by atoms with Crippen LogP contribution in [-0.2, 0) is 4.79 Å². The van der Waals surface area contributed by atoms with E-state index in [0.717, 1.165) is 0 Å². The van der Waals surface area contributed by atoms with Crippen LogP contribution in [0.1, 0.15) is 19.9 Å². The molecule has 0 radical (unpaired) electrons. The first kappa shape index (κ1) is 20.7. The highest BCUT2D eigenvalue weighted by molar-refractivity contribution is 6.32. The lowest BCUT2D eigenvalue weighted by Crippen LogP contribution is -2.36. The molecule has 8 heteroatoms. The fraction of sp³-hybridized carbons (Fsp3) is 0.286. The van der Waals surface area contributed by atoms with Gasteiger partial charge in [-0.1, -0.05) is 37.6 Å². The maximum Gasteiger partial charge on any atom is 0.261 e. The van der Waals surface area contributed by atoms with Crippen LogP contribution in [0.4, 0.5) is 5.69 Å². The number of para-hydroxylation sites is 1. The summed E-state index contributed by atoms with van der Waals surface area (Å²) in [6.45, 7) is 3.73. The average molecular weight is 416 g/mol. The van der Waals surface area contributed by atoms with E-state index in [1.54, 1.807) is 30.3 Å². The Balaban J connectivity index is 2.01. The number of hydrogen-bond acceptors (Lipinski definition) is 5. The number of rotatable bonds is 6. The molecule has 0 saturated heterocycles. The number of carbonyl (C=O) groups is 1. The minimum Gasteiger partial charge on any atom is -0.495 e. The normalized spacial score (nSPS) is 12.1. The maximum atomic E-state index is 13.1. The van der Waals surface area contributed by atoms with Gasteiger partial charge in [0.2, 0.25) is 5.91 Å². The van der Waals surface area contributed by atoms with E-state index < -0.39 is 6.04 Å². The Morgan fingerprint density at radius 3 is 2.48 bits per heavy atom. The quantitative estimate of drug-likeness (QED) is 0.660. The molecule has 1 unspecified atom stereocenters. The number of nitrogens with zero attached hydrogens (tertiary/aromatic N) is 2. The zero-order valence-electron chi connectivity index (χ0n) is 16.6. The summed E-state index contributed by atoms with van der Waals surface area (Å²) in [5.41, 5.74) is 0.695. The molecule has 0 bridgehead atoms. The van der Waals surface area contributed by atoms with Gasteiger partial charge in [0.1, 0.15) is 17.5 Å². The first-order chi connectivity index (χ1) is 13.9. The van der Waals surface area contributed by atoms with Gasteiger partial charge >= 0.3 is 0 Å². The smallest absolute Gasteiger partial charge is 0.261 e. The van der Waals surface area contributed by atoms with Crippen molar-refractivity contribution in [1.82, 2.24) is 9.55 Å². The fourth-order valence-electron chi connectivity index (χ4n) is 3.20. The Morgan fingerprint density at radius 1 is 1.14 bits per heavy atom. The van der Waals surface area contributed by atoms with Gasteiger partial charge in [0, 0.05) is 6.07 Å². The van der Waals surface area contributed by atoms with Crippen LogP contribution in [0.5, 0.6) is 11.5 Å². The lowest BCUT2D eigenvalue weighted by molar-refractivity contribution is -0.120. The van der Waals surface area contributed by atoms with Crippen molar-refractivity contribution in [3.63, 3.8) is 0 Å². The summed E-state index contributed by atoms with van der Waals surface area (Å²) in [6.07, 6.45) is 1.41. The summed E-state index contributed by atoms with van der Waals surface area (Å²) in [7, 11) is 2.98. The van der Waals surface area contributed by atoms with Crippen molar-refractivity contribution >= 4 is 34.1 Å². The molecule has 2 aromatic carbocycles. The van der Waals surface area contributed by atoms with Crippen LogP contribution in [0.25, 0.3) is 10.9 Å². The Kier molecular flexibility index (Phi) is 6.08. The van der Waals surface area contributed by atoms with E-state index in [-0.39, 0.29) is 17.4 Å². The van der Waals surface area contributed by atoms with Gasteiger partial charge in [-0.25, -0.2) is 4.98 Å². The van der Waals surface area contributed by atoms with Gasteiger partial charge in [-0.05, 0) is 24.1 Å². The molecule has 29 heavy (non-hydrogen) atoms. The number of carbonyl (C=O) groups excluding carboxylic acids is 1. The van der Waals surface area contributed by atoms with E-state index in [1.165, 1.54) is 25.1 Å². The van der Waals surface area contributed by atoms with Crippen molar-refractivity contribution in [1.29, 1.82) is 0 Å². The maximum absolute atomic E-state index is 13.1. The molecule has 152 valence electrons. The zero-order valence-corrected chi connectivity index (χ0v) is 17.4. The number of benzene rings is 2. The van der Waals surface area contributed by atoms with Crippen LogP contribution in [0.15, 0.2) is 47.5 Å². The Bertz CT molecular complexity index is 1110. The Morgan fingerprint density at radius 2 is 1.83 bits per heavy atom. The summed E-state index contributed by atoms with van der Waals surface area (Å²) in [5.74, 6) is 0.275. The lowest BCUT2D eigenvalue weighted by atomic mass is 10.0. The summed E-state index contributed by atoms with van der Waals surface area (Å²) >= 11 is 6.19. The van der Waals surface area contributed by atoms with Gasteiger partial charge in [-0.3, -0.25) is 14.2 Å². The molecular formula is C21H22ClN3O4. The molecule has 1 N–H and O–H groups in total. The van der Waals surface area contributed by atoms with Gasteiger partial charge in [-0.2, -0.15) is 0 Å². The molecule has 0 spiro atoms. The second-order valence-corrected chi connectivity index (χ2v) is 7.25. The number of fused-ring (bicyclic) bond motifs is 1. The minimum absolute atomic E-state index is 0.171. The highest BCUT2D eigenvalue weighted by Gasteiger charge is 2.27. The molecular weight excluding hydrogens is 394 g/mol. The molecule has 3 rings (SSSR count). The van der Waals surface area contributed by atoms with Crippen molar-refractivity contribution in [2.45, 2.75) is 19.9 Å². The van der Waals surface area contributed by atoms with Crippen LogP contribution in [-0.4, -0.2) is 29.7 Å². The second-order valence-electron chi connectivity index (χ2n) is 6.84. The monoisotopic (exact) mass is 415 g/mol. The molecule has 1 heterocycles. The molecule has 7 nitrogen and oxygen atoms in total. The molecule has 1 amide bonds. The Hall–Kier alpha value is -3.06. The van der Waals surface area contributed by atoms with Crippen LogP contribution < -0.4 is 20.3 Å². The van der Waals surface area contributed by atoms with E-state index in [2.05, 4.69) is 10.3 Å². The van der Waals surface area contributed by atoms with Crippen molar-refractivity contribution in [2.24, 2.45) is 5.92 Å². The molecule has 0 saturated carbocycles. The lowest BCUT2D eigenvalue weighted by Gasteiger charge is -2.23. The van der Waals surface area contributed by atoms with Gasteiger partial charge in [-0.15, -0.1) is 0 Å². The van der Waals surface area contributed by atoms with Crippen LogP contribution in [0.2, 0.25) is 5.02 Å². The van der Waals surface area contributed by atoms with Crippen molar-refractivity contribution in [3.8, 4) is 11.5 Å². The fourth-order valence-corrected chi connectivity index (χ4v) is 3.44. The SMILES string of the molecule is COc1cc(OC)c(NC(=O)C(C(C)C)n2cnc3ccccc3c2=O)cc1Cl. The van der Waals surface area contributed by atoms with E-state index in [0.29, 0.717) is 33.1 Å². The molecule has 1 aromatic heterocycles. The molecule has 0 aliphatic heterocycles. The van der Waals surface area contributed by atoms with E-state index in [4.69, 9.17) is 21.1 Å². The number of nitrogens with one attached hydrogen (secondary N) is 1. The number of anilines is 1. The highest BCUT2D eigenvalue weighted by Crippen LogP contribution is 2.36. The third-order valence-corrected chi connectivity index (χ3v) is 4.92. The van der Waals surface area contributed by atoms with Gasteiger partial charge < -0.3 is 14.8 Å². The zero-order chi connectivity index (χ0) is 21.1. The van der Waals surface area contributed by atoms with Crippen molar-refractivity contribution in [3.05, 3.63) is 58.1 Å². The third kappa shape index (κ3) is 4.05. The summed E-state index contributed by atoms with van der Waals surface area (Å²) in [5, 5.41) is 3.60. The topological polar surface area (TPSA) is 82.4 Å². The van der Waals surface area contributed by atoms with E-state index in [1.807, 2.05) is 19.9 Å². The first-order valence-corrected chi connectivity index (χ1v) is 9.43. The van der Waals surface area contributed by atoms with Crippen LogP contribution in [0, 0.1) is 5.92 Å². The molecule has 0 aliphatic carbocycles. The third-order valence-electron chi connectivity index (χ3n) is 4.62. The van der Waals surface area contributed by atoms with Gasteiger partial charge in [0.05, 0.1) is 42.2 Å². The van der Waals surface area contributed by atoms with Crippen LogP contribution >= 0.6 is 11.6 Å². The van der Waals surface area contributed by atoms with Crippen LogP contribution in [0.3, 0.4) is 0 Å². The molecule has 1 atom stereocenters. The number of amides is 1. The standard InChI is InChI=1S/C21H22ClN3O4/c1-12(2)19(25-11-23-15-8-6-5-7-13(15)21(25)27)20(26)24-16-9-14(22)17(28-3)10-18(16)29-4/h5-12,19H,1-4H3,(H,24,26). The van der Waals surface area contributed by atoms with E-state index >= 15 is 0 Å². The first-order valence-electron chi connectivity index (χ1n) is 9.05. The van der Waals surface area contributed by atoms with Gasteiger partial charge in [0.15, 0.2) is 0 Å². The second kappa shape index (κ2) is 8.53. The number of methoxy groups -OCH3 is 2. The van der Waals surface area contributed by atoms with Gasteiger partial charge in [0.25, 0.3) is 5.56 Å². The number of aromatic nitrogens is 2. The predicted octanol–water partition coefficient (Wildman–Crippen LogP) is 3.90. The molecule has 3 aromatic rings.